The predicted molar refractivity (Wildman–Crippen MR) is 131 cm³/mol. The second-order valence-electron chi connectivity index (χ2n) is 8.09. The molecule has 0 spiro atoms. The van der Waals surface area contributed by atoms with Crippen LogP contribution in [0.15, 0.2) is 4.99 Å². The van der Waals surface area contributed by atoms with Crippen LogP contribution in [-0.2, 0) is 19.2 Å². The number of amides is 3. The first kappa shape index (κ1) is 29.5. The monoisotopic (exact) mass is 502 g/mol. The largest absolute Gasteiger partial charge is 0.480 e. The van der Waals surface area contributed by atoms with E-state index in [0.29, 0.717) is 32.2 Å². The van der Waals surface area contributed by atoms with Crippen molar-refractivity contribution in [3.8, 4) is 0 Å². The number of carboxylic acids is 1. The summed E-state index contributed by atoms with van der Waals surface area (Å²) in [6, 6.07) is -3.52. The molecule has 11 N–H and O–H groups in total. The number of nitrogens with two attached hydrogens (primary N) is 3. The molecule has 4 atom stereocenters. The number of carbonyl (C=O) groups excluding carboxylic acids is 3. The first-order chi connectivity index (χ1) is 16.2. The Bertz CT molecular complexity index is 713. The SMILES string of the molecule is NCCCCC(NC(=O)C(CCCN=C(N)N)NC(=O)C(CS)NC(=O)C1CCCN1)C(=O)O. The second-order valence-corrected chi connectivity index (χ2v) is 8.45. The number of hydrogen-bond acceptors (Lipinski definition) is 8. The van der Waals surface area contributed by atoms with E-state index < -0.39 is 35.9 Å². The van der Waals surface area contributed by atoms with Crippen LogP contribution in [0.5, 0.6) is 0 Å². The lowest BCUT2D eigenvalue weighted by molar-refractivity contribution is -0.142. The topological polar surface area (TPSA) is 227 Å². The first-order valence-electron chi connectivity index (χ1n) is 11.4. The summed E-state index contributed by atoms with van der Waals surface area (Å²) >= 11 is 4.15. The average molecular weight is 503 g/mol. The van der Waals surface area contributed by atoms with Crippen molar-refractivity contribution in [2.45, 2.75) is 69.1 Å². The molecule has 1 heterocycles. The molecule has 1 saturated heterocycles. The first-order valence-corrected chi connectivity index (χ1v) is 12.1. The summed E-state index contributed by atoms with van der Waals surface area (Å²) in [5.74, 6) is -2.83. The van der Waals surface area contributed by atoms with Gasteiger partial charge in [0.2, 0.25) is 17.7 Å². The number of carboxylic acid groups (broad SMARTS) is 1. The highest BCUT2D eigenvalue weighted by atomic mass is 32.1. The van der Waals surface area contributed by atoms with Gasteiger partial charge < -0.3 is 43.6 Å². The molecule has 0 aliphatic carbocycles. The van der Waals surface area contributed by atoms with Gasteiger partial charge in [-0.2, -0.15) is 12.6 Å². The van der Waals surface area contributed by atoms with Crippen molar-refractivity contribution in [2.24, 2.45) is 22.2 Å². The van der Waals surface area contributed by atoms with E-state index in [4.69, 9.17) is 17.2 Å². The fourth-order valence-electron chi connectivity index (χ4n) is 3.44. The minimum absolute atomic E-state index is 0.0173. The zero-order valence-electron chi connectivity index (χ0n) is 19.3. The Kier molecular flexibility index (Phi) is 14.0. The van der Waals surface area contributed by atoms with Crippen LogP contribution in [0.3, 0.4) is 0 Å². The Balaban J connectivity index is 2.83. The van der Waals surface area contributed by atoms with Crippen molar-refractivity contribution >= 4 is 42.3 Å². The molecule has 4 unspecified atom stereocenters. The smallest absolute Gasteiger partial charge is 0.326 e. The van der Waals surface area contributed by atoms with Gasteiger partial charge >= 0.3 is 5.97 Å². The van der Waals surface area contributed by atoms with E-state index in [-0.39, 0.29) is 43.0 Å². The minimum Gasteiger partial charge on any atom is -0.480 e. The zero-order chi connectivity index (χ0) is 25.5. The van der Waals surface area contributed by atoms with Gasteiger partial charge in [-0.15, -0.1) is 0 Å². The third kappa shape index (κ3) is 11.0. The van der Waals surface area contributed by atoms with Crippen LogP contribution in [0.1, 0.15) is 44.9 Å². The molecule has 0 saturated carbocycles. The second kappa shape index (κ2) is 16.1. The maximum absolute atomic E-state index is 12.9. The molecule has 194 valence electrons. The van der Waals surface area contributed by atoms with Crippen LogP contribution in [0.4, 0.5) is 0 Å². The molecule has 34 heavy (non-hydrogen) atoms. The fourth-order valence-corrected chi connectivity index (χ4v) is 3.70. The van der Waals surface area contributed by atoms with Gasteiger partial charge in [-0.05, 0) is 58.0 Å². The summed E-state index contributed by atoms with van der Waals surface area (Å²) in [6.45, 7) is 1.36. The predicted octanol–water partition coefficient (Wildman–Crippen LogP) is -2.61. The summed E-state index contributed by atoms with van der Waals surface area (Å²) in [6.07, 6.45) is 3.39. The molecule has 13 nitrogen and oxygen atoms in total. The summed E-state index contributed by atoms with van der Waals surface area (Å²) < 4.78 is 0. The molecule has 1 rings (SSSR count). The number of hydrogen-bond donors (Lipinski definition) is 9. The van der Waals surface area contributed by atoms with Crippen LogP contribution in [-0.4, -0.2) is 84.3 Å². The summed E-state index contributed by atoms with van der Waals surface area (Å²) in [5.41, 5.74) is 16.1. The Morgan fingerprint density at radius 2 is 1.65 bits per heavy atom. The van der Waals surface area contributed by atoms with Crippen LogP contribution in [0, 0.1) is 0 Å². The highest BCUT2D eigenvalue weighted by Crippen LogP contribution is 2.07. The molecule has 1 fully saturated rings. The third-order valence-electron chi connectivity index (χ3n) is 5.33. The van der Waals surface area contributed by atoms with Crippen molar-refractivity contribution in [1.82, 2.24) is 21.3 Å². The number of aliphatic imine (C=N–C) groups is 1. The Morgan fingerprint density at radius 3 is 2.21 bits per heavy atom. The van der Waals surface area contributed by atoms with Gasteiger partial charge in [0.1, 0.15) is 18.1 Å². The lowest BCUT2D eigenvalue weighted by atomic mass is 10.1. The quantitative estimate of drug-likeness (QED) is 0.0465. The number of unbranched alkanes of at least 4 members (excludes halogenated alkanes) is 1. The molecule has 14 heteroatoms. The van der Waals surface area contributed by atoms with E-state index in [9.17, 15) is 24.3 Å². The van der Waals surface area contributed by atoms with E-state index in [1.807, 2.05) is 0 Å². The molecular formula is C20H38N8O5S. The maximum Gasteiger partial charge on any atom is 0.326 e. The zero-order valence-corrected chi connectivity index (χ0v) is 20.2. The van der Waals surface area contributed by atoms with E-state index in [1.54, 1.807) is 0 Å². The van der Waals surface area contributed by atoms with Gasteiger partial charge in [0.15, 0.2) is 5.96 Å². The van der Waals surface area contributed by atoms with Crippen LogP contribution >= 0.6 is 12.6 Å². The Hall–Kier alpha value is -2.58. The number of guanidine groups is 1. The van der Waals surface area contributed by atoms with Gasteiger partial charge in [0, 0.05) is 12.3 Å². The third-order valence-corrected chi connectivity index (χ3v) is 5.70. The molecular weight excluding hydrogens is 464 g/mol. The van der Waals surface area contributed by atoms with E-state index >= 15 is 0 Å². The number of carbonyl (C=O) groups is 4. The van der Waals surface area contributed by atoms with E-state index in [0.717, 1.165) is 13.0 Å². The summed E-state index contributed by atoms with van der Waals surface area (Å²) in [4.78, 5) is 53.5. The van der Waals surface area contributed by atoms with Gasteiger partial charge in [-0.1, -0.05) is 0 Å². The standard InChI is InChI=1S/C20H38N8O5S/c21-8-2-1-5-14(19(32)33)27-17(30)13(7-4-10-25-20(22)23)26-18(31)15(11-34)28-16(29)12-6-3-9-24-12/h12-15,24,34H,1-11,21H2,(H,26,31)(H,27,30)(H,28,29)(H,32,33)(H4,22,23,25). The number of rotatable bonds is 16. The van der Waals surface area contributed by atoms with Gasteiger partial charge in [0.25, 0.3) is 0 Å². The number of thiol groups is 1. The van der Waals surface area contributed by atoms with Crippen LogP contribution < -0.4 is 38.5 Å². The van der Waals surface area contributed by atoms with E-state index in [2.05, 4.69) is 38.9 Å². The summed E-state index contributed by atoms with van der Waals surface area (Å²) in [5, 5.41) is 20.2. The number of nitrogens with one attached hydrogen (secondary N) is 4. The van der Waals surface area contributed by atoms with Crippen molar-refractivity contribution in [2.75, 3.05) is 25.4 Å². The molecule has 3 amide bonds. The van der Waals surface area contributed by atoms with E-state index in [1.165, 1.54) is 0 Å². The maximum atomic E-state index is 12.9. The lowest BCUT2D eigenvalue weighted by Gasteiger charge is -2.24. The highest BCUT2D eigenvalue weighted by molar-refractivity contribution is 7.80. The normalized spacial score (nSPS) is 17.8. The average Bonchev–Trinajstić information content (AvgIpc) is 3.33. The van der Waals surface area contributed by atoms with Gasteiger partial charge in [0.05, 0.1) is 6.04 Å². The van der Waals surface area contributed by atoms with Gasteiger partial charge in [-0.3, -0.25) is 19.4 Å². The van der Waals surface area contributed by atoms with Crippen LogP contribution in [0.25, 0.3) is 0 Å². The molecule has 0 aromatic carbocycles. The number of aliphatic carboxylic acids is 1. The molecule has 0 aromatic heterocycles. The van der Waals surface area contributed by atoms with Crippen molar-refractivity contribution in [3.05, 3.63) is 0 Å². The summed E-state index contributed by atoms with van der Waals surface area (Å²) in [7, 11) is 0. The minimum atomic E-state index is -1.18. The highest BCUT2D eigenvalue weighted by Gasteiger charge is 2.30. The number of nitrogens with zero attached hydrogens (tertiary/aromatic N) is 1. The van der Waals surface area contributed by atoms with Crippen molar-refractivity contribution in [1.29, 1.82) is 0 Å². The fraction of sp³-hybridized carbons (Fsp3) is 0.750. The van der Waals surface area contributed by atoms with Crippen molar-refractivity contribution in [3.63, 3.8) is 0 Å². The molecule has 0 bridgehead atoms. The van der Waals surface area contributed by atoms with Crippen molar-refractivity contribution < 1.29 is 24.3 Å². The molecule has 1 aliphatic heterocycles. The molecule has 1 aliphatic rings. The lowest BCUT2D eigenvalue weighted by Crippen LogP contribution is -2.57. The molecule has 0 aromatic rings. The van der Waals surface area contributed by atoms with Crippen LogP contribution in [0.2, 0.25) is 0 Å². The van der Waals surface area contributed by atoms with Gasteiger partial charge in [-0.25, -0.2) is 4.79 Å². The Labute approximate surface area is 204 Å². The Morgan fingerprint density at radius 1 is 1.00 bits per heavy atom. The molecule has 0 radical (unpaired) electrons.